The van der Waals surface area contributed by atoms with Gasteiger partial charge in [-0.1, -0.05) is 37.3 Å². The van der Waals surface area contributed by atoms with Crippen LogP contribution in [0.2, 0.25) is 0 Å². The van der Waals surface area contributed by atoms with Crippen LogP contribution in [0.1, 0.15) is 12.5 Å². The lowest BCUT2D eigenvalue weighted by atomic mass is 10.2. The number of hydrogen-bond acceptors (Lipinski definition) is 4. The molecule has 3 rings (SSSR count). The molecule has 0 aliphatic heterocycles. The van der Waals surface area contributed by atoms with Crippen LogP contribution in [0.5, 0.6) is 0 Å². The normalized spacial score (nSPS) is 11.7. The Hall–Kier alpha value is -2.40. The summed E-state index contributed by atoms with van der Waals surface area (Å²) in [4.78, 5) is 11.8. The van der Waals surface area contributed by atoms with Crippen molar-refractivity contribution in [2.75, 3.05) is 0 Å². The van der Waals surface area contributed by atoms with Crippen LogP contribution >= 0.6 is 0 Å². The lowest BCUT2D eigenvalue weighted by molar-refractivity contribution is 0.532. The lowest BCUT2D eigenvalue weighted by Gasteiger charge is -2.05. The number of rotatable bonds is 3. The number of hydrogen-bond donors (Lipinski definition) is 0. The number of fused-ring (bicyclic) bond motifs is 1. The van der Waals surface area contributed by atoms with E-state index in [2.05, 4.69) is 0 Å². The van der Waals surface area contributed by atoms with Gasteiger partial charge in [0.2, 0.25) is 9.84 Å². The Balaban J connectivity index is 2.19. The Morgan fingerprint density at radius 2 is 1.68 bits per heavy atom. The van der Waals surface area contributed by atoms with Gasteiger partial charge >= 0.3 is 5.63 Å². The summed E-state index contributed by atoms with van der Waals surface area (Å²) in [5.41, 5.74) is 0.551. The van der Waals surface area contributed by atoms with E-state index in [1.807, 2.05) is 6.92 Å². The molecule has 0 bridgehead atoms. The highest BCUT2D eigenvalue weighted by Crippen LogP contribution is 2.22. The third-order valence-corrected chi connectivity index (χ3v) is 5.30. The lowest BCUT2D eigenvalue weighted by Crippen LogP contribution is -2.14. The van der Waals surface area contributed by atoms with E-state index in [0.29, 0.717) is 11.0 Å². The minimum atomic E-state index is -3.89. The second kappa shape index (κ2) is 5.42. The van der Waals surface area contributed by atoms with Gasteiger partial charge in [0, 0.05) is 5.39 Å². The Kier molecular flexibility index (Phi) is 3.58. The largest absolute Gasteiger partial charge is 0.422 e. The van der Waals surface area contributed by atoms with Crippen molar-refractivity contribution in [3.63, 3.8) is 0 Å². The van der Waals surface area contributed by atoms with E-state index in [9.17, 15) is 13.2 Å². The molecule has 5 heteroatoms. The third kappa shape index (κ3) is 2.44. The first-order valence-electron chi connectivity index (χ1n) is 6.89. The summed E-state index contributed by atoms with van der Waals surface area (Å²) in [7, 11) is -3.89. The van der Waals surface area contributed by atoms with Crippen molar-refractivity contribution in [1.82, 2.24) is 0 Å². The highest BCUT2D eigenvalue weighted by molar-refractivity contribution is 7.91. The zero-order valence-corrected chi connectivity index (χ0v) is 12.8. The summed E-state index contributed by atoms with van der Waals surface area (Å²) in [6.45, 7) is 1.99. The molecule has 2 aromatic carbocycles. The van der Waals surface area contributed by atoms with Crippen LogP contribution < -0.4 is 5.63 Å². The molecular weight excluding hydrogens is 300 g/mol. The molecule has 0 atom stereocenters. The molecule has 1 heterocycles. The van der Waals surface area contributed by atoms with E-state index in [0.717, 1.165) is 12.0 Å². The molecule has 0 saturated heterocycles. The summed E-state index contributed by atoms with van der Waals surface area (Å²) >= 11 is 0. The number of sulfone groups is 1. The first kappa shape index (κ1) is 14.5. The Bertz CT molecular complexity index is 983. The fraction of sp³-hybridized carbons (Fsp3) is 0.118. The standard InChI is InChI=1S/C17H14O4S/c1-2-12-7-9-14(10-8-12)22(19,20)16-11-13-5-3-4-6-15(13)21-17(16)18/h3-11H,2H2,1H3. The second-order valence-corrected chi connectivity index (χ2v) is 6.85. The minimum absolute atomic E-state index is 0.0901. The van der Waals surface area contributed by atoms with Crippen molar-refractivity contribution in [2.24, 2.45) is 0 Å². The van der Waals surface area contributed by atoms with Crippen molar-refractivity contribution in [1.29, 1.82) is 0 Å². The Morgan fingerprint density at radius 1 is 1.00 bits per heavy atom. The molecule has 1 aromatic heterocycles. The highest BCUT2D eigenvalue weighted by Gasteiger charge is 2.23. The van der Waals surface area contributed by atoms with Crippen molar-refractivity contribution >= 4 is 20.8 Å². The fourth-order valence-electron chi connectivity index (χ4n) is 2.26. The van der Waals surface area contributed by atoms with Crippen LogP contribution in [0.15, 0.2) is 73.6 Å². The topological polar surface area (TPSA) is 64.3 Å². The molecule has 4 nitrogen and oxygen atoms in total. The van der Waals surface area contributed by atoms with Crippen LogP contribution in [-0.2, 0) is 16.3 Å². The van der Waals surface area contributed by atoms with Gasteiger partial charge in [-0.05, 0) is 36.2 Å². The molecule has 112 valence electrons. The first-order valence-corrected chi connectivity index (χ1v) is 8.37. The highest BCUT2D eigenvalue weighted by atomic mass is 32.2. The summed E-state index contributed by atoms with van der Waals surface area (Å²) in [5, 5.41) is 0.575. The maximum Gasteiger partial charge on any atom is 0.355 e. The third-order valence-electron chi connectivity index (χ3n) is 3.54. The molecule has 0 unspecified atom stereocenters. The Labute approximate surface area is 127 Å². The van der Waals surface area contributed by atoms with Crippen LogP contribution in [0.3, 0.4) is 0 Å². The van der Waals surface area contributed by atoms with E-state index in [1.54, 1.807) is 36.4 Å². The van der Waals surface area contributed by atoms with Gasteiger partial charge in [0.15, 0.2) is 4.90 Å². The molecule has 3 aromatic rings. The van der Waals surface area contributed by atoms with Crippen LogP contribution in [-0.4, -0.2) is 8.42 Å². The summed E-state index contributed by atoms with van der Waals surface area (Å²) in [6, 6.07) is 14.7. The monoisotopic (exact) mass is 314 g/mol. The van der Waals surface area contributed by atoms with Crippen molar-refractivity contribution in [3.8, 4) is 0 Å². The molecule has 0 radical (unpaired) electrons. The smallest absolute Gasteiger partial charge is 0.355 e. The van der Waals surface area contributed by atoms with Gasteiger partial charge < -0.3 is 4.42 Å². The van der Waals surface area contributed by atoms with Crippen LogP contribution in [0, 0.1) is 0 Å². The molecular formula is C17H14O4S. The van der Waals surface area contributed by atoms with Gasteiger partial charge in [-0.3, -0.25) is 0 Å². The predicted molar refractivity (Wildman–Crippen MR) is 83.8 cm³/mol. The van der Waals surface area contributed by atoms with E-state index in [4.69, 9.17) is 4.42 Å². The zero-order valence-electron chi connectivity index (χ0n) is 11.9. The molecule has 0 saturated carbocycles. The maximum atomic E-state index is 12.6. The van der Waals surface area contributed by atoms with Crippen molar-refractivity contribution in [3.05, 3.63) is 70.6 Å². The van der Waals surface area contributed by atoms with Crippen molar-refractivity contribution in [2.45, 2.75) is 23.1 Å². The summed E-state index contributed by atoms with van der Waals surface area (Å²) < 4.78 is 30.4. The van der Waals surface area contributed by atoms with E-state index in [-0.39, 0.29) is 9.79 Å². The molecule has 0 spiro atoms. The van der Waals surface area contributed by atoms with E-state index >= 15 is 0 Å². The SMILES string of the molecule is CCc1ccc(S(=O)(=O)c2cc3ccccc3oc2=O)cc1. The first-order chi connectivity index (χ1) is 10.5. The number of aryl methyl sites for hydroxylation is 1. The Morgan fingerprint density at radius 3 is 2.36 bits per heavy atom. The minimum Gasteiger partial charge on any atom is -0.422 e. The molecule has 0 N–H and O–H groups in total. The number of benzene rings is 2. The van der Waals surface area contributed by atoms with Crippen LogP contribution in [0.4, 0.5) is 0 Å². The summed E-state index contributed by atoms with van der Waals surface area (Å²) in [5.74, 6) is 0. The zero-order chi connectivity index (χ0) is 15.7. The summed E-state index contributed by atoms with van der Waals surface area (Å²) in [6.07, 6.45) is 0.818. The molecule has 0 fully saturated rings. The van der Waals surface area contributed by atoms with Gasteiger partial charge in [-0.25, -0.2) is 13.2 Å². The van der Waals surface area contributed by atoms with E-state index < -0.39 is 15.5 Å². The van der Waals surface area contributed by atoms with Gasteiger partial charge in [-0.15, -0.1) is 0 Å². The van der Waals surface area contributed by atoms with Crippen molar-refractivity contribution < 1.29 is 12.8 Å². The fourth-order valence-corrected chi connectivity index (χ4v) is 3.55. The van der Waals surface area contributed by atoms with E-state index in [1.165, 1.54) is 18.2 Å². The number of para-hydroxylation sites is 1. The van der Waals surface area contributed by atoms with Gasteiger partial charge in [-0.2, -0.15) is 0 Å². The molecule has 0 amide bonds. The predicted octanol–water partition coefficient (Wildman–Crippen LogP) is 3.19. The van der Waals surface area contributed by atoms with Gasteiger partial charge in [0.1, 0.15) is 5.58 Å². The molecule has 0 aliphatic rings. The molecule has 22 heavy (non-hydrogen) atoms. The van der Waals surface area contributed by atoms with Gasteiger partial charge in [0.05, 0.1) is 4.90 Å². The average Bonchev–Trinajstić information content (AvgIpc) is 2.54. The quantitative estimate of drug-likeness (QED) is 0.696. The molecule has 0 aliphatic carbocycles. The maximum absolute atomic E-state index is 12.6. The van der Waals surface area contributed by atoms with Crippen LogP contribution in [0.25, 0.3) is 11.0 Å². The average molecular weight is 314 g/mol. The second-order valence-electron chi connectivity index (χ2n) is 4.94. The van der Waals surface area contributed by atoms with Gasteiger partial charge in [0.25, 0.3) is 0 Å².